The maximum atomic E-state index is 10.8. The molecule has 3 N–H and O–H groups in total. The summed E-state index contributed by atoms with van der Waals surface area (Å²) < 4.78 is 6.45. The van der Waals surface area contributed by atoms with Crippen molar-refractivity contribution in [3.05, 3.63) is 28.2 Å². The summed E-state index contributed by atoms with van der Waals surface area (Å²) in [6, 6.07) is 5.87. The average Bonchev–Trinajstić information content (AvgIpc) is 2.26. The zero-order valence-corrected chi connectivity index (χ0v) is 10.7. The van der Waals surface area contributed by atoms with Crippen LogP contribution in [0.4, 0.5) is 0 Å². The first-order valence-electron chi connectivity index (χ1n) is 5.02. The summed E-state index contributed by atoms with van der Waals surface area (Å²) >= 11 is 3.42. The highest BCUT2D eigenvalue weighted by Gasteiger charge is 2.02. The van der Waals surface area contributed by atoms with Crippen molar-refractivity contribution in [2.45, 2.75) is 19.8 Å². The third-order valence-electron chi connectivity index (χ3n) is 2.05. The molecule has 0 spiro atoms. The number of benzene rings is 1. The molecule has 4 nitrogen and oxygen atoms in total. The summed E-state index contributed by atoms with van der Waals surface area (Å²) in [6.07, 6.45) is 1.02. The Morgan fingerprint density at radius 3 is 2.94 bits per heavy atom. The molecule has 1 aromatic carbocycles. The van der Waals surface area contributed by atoms with Crippen molar-refractivity contribution >= 4 is 21.8 Å². The van der Waals surface area contributed by atoms with Gasteiger partial charge in [-0.1, -0.05) is 6.07 Å². The van der Waals surface area contributed by atoms with Crippen molar-refractivity contribution < 1.29 is 9.53 Å². The summed E-state index contributed by atoms with van der Waals surface area (Å²) in [5.74, 6) is 5.57. The van der Waals surface area contributed by atoms with Gasteiger partial charge in [0.1, 0.15) is 5.75 Å². The number of hydrogen-bond donors (Lipinski definition) is 2. The van der Waals surface area contributed by atoms with Gasteiger partial charge in [-0.3, -0.25) is 10.2 Å². The number of carbonyl (C=O) groups excluding carboxylic acids is 1. The fraction of sp³-hybridized carbons (Fsp3) is 0.364. The molecule has 1 amide bonds. The van der Waals surface area contributed by atoms with Crippen molar-refractivity contribution in [3.63, 3.8) is 0 Å². The van der Waals surface area contributed by atoms with Crippen LogP contribution in [0.5, 0.6) is 5.75 Å². The summed E-state index contributed by atoms with van der Waals surface area (Å²) in [5.41, 5.74) is 3.25. The lowest BCUT2D eigenvalue weighted by Crippen LogP contribution is -2.29. The van der Waals surface area contributed by atoms with Crippen LogP contribution in [0.2, 0.25) is 0 Å². The molecule has 0 unspecified atom stereocenters. The Kier molecular flexibility index (Phi) is 5.28. The smallest absolute Gasteiger partial charge is 0.234 e. The SMILES string of the molecule is Cc1ccc(OCCCC(=O)NN)c(Br)c1. The third kappa shape index (κ3) is 4.20. The standard InChI is InChI=1S/C11H15BrN2O2/c1-8-4-5-10(9(12)7-8)16-6-2-3-11(15)14-13/h4-5,7H,2-3,6,13H2,1H3,(H,14,15). The zero-order chi connectivity index (χ0) is 12.0. The second-order valence-electron chi connectivity index (χ2n) is 3.45. The van der Waals surface area contributed by atoms with E-state index in [0.717, 1.165) is 10.2 Å². The van der Waals surface area contributed by atoms with E-state index in [1.165, 1.54) is 5.56 Å². The number of nitrogens with one attached hydrogen (secondary N) is 1. The predicted molar refractivity (Wildman–Crippen MR) is 65.9 cm³/mol. The fourth-order valence-corrected chi connectivity index (χ4v) is 1.82. The second-order valence-corrected chi connectivity index (χ2v) is 4.31. The van der Waals surface area contributed by atoms with E-state index in [1.807, 2.05) is 25.1 Å². The number of aryl methyl sites for hydroxylation is 1. The van der Waals surface area contributed by atoms with Gasteiger partial charge in [-0.05, 0) is 47.0 Å². The molecule has 0 fully saturated rings. The first kappa shape index (κ1) is 13.0. The summed E-state index contributed by atoms with van der Waals surface area (Å²) in [4.78, 5) is 10.8. The molecule has 1 aromatic rings. The van der Waals surface area contributed by atoms with Gasteiger partial charge in [-0.2, -0.15) is 0 Å². The molecule has 16 heavy (non-hydrogen) atoms. The topological polar surface area (TPSA) is 64.3 Å². The number of rotatable bonds is 5. The van der Waals surface area contributed by atoms with E-state index >= 15 is 0 Å². The minimum absolute atomic E-state index is 0.174. The molecule has 0 heterocycles. The molecule has 0 bridgehead atoms. The first-order chi connectivity index (χ1) is 7.63. The van der Waals surface area contributed by atoms with Crippen molar-refractivity contribution in [2.24, 2.45) is 5.84 Å². The maximum Gasteiger partial charge on any atom is 0.234 e. The summed E-state index contributed by atoms with van der Waals surface area (Å²) in [7, 11) is 0. The first-order valence-corrected chi connectivity index (χ1v) is 5.81. The predicted octanol–water partition coefficient (Wildman–Crippen LogP) is 1.91. The normalized spacial score (nSPS) is 9.94. The lowest BCUT2D eigenvalue weighted by Gasteiger charge is -2.08. The lowest BCUT2D eigenvalue weighted by molar-refractivity contribution is -0.121. The minimum Gasteiger partial charge on any atom is -0.492 e. The van der Waals surface area contributed by atoms with E-state index in [0.29, 0.717) is 19.4 Å². The average molecular weight is 287 g/mol. The van der Waals surface area contributed by atoms with Gasteiger partial charge in [0.2, 0.25) is 5.91 Å². The molecule has 0 aliphatic carbocycles. The van der Waals surface area contributed by atoms with Crippen LogP contribution in [-0.2, 0) is 4.79 Å². The Hall–Kier alpha value is -1.07. The summed E-state index contributed by atoms with van der Waals surface area (Å²) in [5, 5.41) is 0. The Bertz CT molecular complexity index is 369. The lowest BCUT2D eigenvalue weighted by atomic mass is 10.2. The molecule has 88 valence electrons. The summed E-state index contributed by atoms with van der Waals surface area (Å²) in [6.45, 7) is 2.51. The van der Waals surface area contributed by atoms with Gasteiger partial charge in [-0.25, -0.2) is 5.84 Å². The number of carbonyl (C=O) groups is 1. The van der Waals surface area contributed by atoms with E-state index in [1.54, 1.807) is 0 Å². The molecule has 5 heteroatoms. The van der Waals surface area contributed by atoms with Crippen LogP contribution < -0.4 is 16.0 Å². The number of halogens is 1. The Labute approximate surface area is 103 Å². The molecule has 1 rings (SSSR count). The maximum absolute atomic E-state index is 10.8. The number of ether oxygens (including phenoxy) is 1. The van der Waals surface area contributed by atoms with E-state index in [9.17, 15) is 4.79 Å². The van der Waals surface area contributed by atoms with Crippen LogP contribution in [0.25, 0.3) is 0 Å². The monoisotopic (exact) mass is 286 g/mol. The molecular formula is C11H15BrN2O2. The highest BCUT2D eigenvalue weighted by molar-refractivity contribution is 9.10. The van der Waals surface area contributed by atoms with E-state index in [4.69, 9.17) is 10.6 Å². The highest BCUT2D eigenvalue weighted by atomic mass is 79.9. The molecule has 0 atom stereocenters. The van der Waals surface area contributed by atoms with Gasteiger partial charge >= 0.3 is 0 Å². The molecule has 0 aromatic heterocycles. The third-order valence-corrected chi connectivity index (χ3v) is 2.67. The van der Waals surface area contributed by atoms with Gasteiger partial charge in [0.15, 0.2) is 0 Å². The zero-order valence-electron chi connectivity index (χ0n) is 9.13. The molecular weight excluding hydrogens is 272 g/mol. The van der Waals surface area contributed by atoms with E-state index in [-0.39, 0.29) is 5.91 Å². The number of amides is 1. The number of hydrazine groups is 1. The van der Waals surface area contributed by atoms with Crippen LogP contribution in [-0.4, -0.2) is 12.5 Å². The van der Waals surface area contributed by atoms with E-state index < -0.39 is 0 Å². The van der Waals surface area contributed by atoms with Gasteiger partial charge in [0.05, 0.1) is 11.1 Å². The molecule has 0 aliphatic rings. The van der Waals surface area contributed by atoms with Crippen molar-refractivity contribution in [3.8, 4) is 5.75 Å². The van der Waals surface area contributed by atoms with Crippen molar-refractivity contribution in [2.75, 3.05) is 6.61 Å². The van der Waals surface area contributed by atoms with Gasteiger partial charge in [0, 0.05) is 6.42 Å². The van der Waals surface area contributed by atoms with Gasteiger partial charge in [-0.15, -0.1) is 0 Å². The largest absolute Gasteiger partial charge is 0.492 e. The number of hydrogen-bond acceptors (Lipinski definition) is 3. The molecule has 0 radical (unpaired) electrons. The van der Waals surface area contributed by atoms with Crippen molar-refractivity contribution in [1.29, 1.82) is 0 Å². The van der Waals surface area contributed by atoms with Crippen LogP contribution in [0.3, 0.4) is 0 Å². The van der Waals surface area contributed by atoms with Gasteiger partial charge < -0.3 is 4.74 Å². The van der Waals surface area contributed by atoms with Crippen LogP contribution in [0.1, 0.15) is 18.4 Å². The fourth-order valence-electron chi connectivity index (χ4n) is 1.21. The quantitative estimate of drug-likeness (QED) is 0.376. The Morgan fingerprint density at radius 1 is 1.56 bits per heavy atom. The molecule has 0 aliphatic heterocycles. The van der Waals surface area contributed by atoms with E-state index in [2.05, 4.69) is 21.4 Å². The van der Waals surface area contributed by atoms with Crippen LogP contribution in [0, 0.1) is 6.92 Å². The van der Waals surface area contributed by atoms with Crippen LogP contribution >= 0.6 is 15.9 Å². The Morgan fingerprint density at radius 2 is 2.31 bits per heavy atom. The van der Waals surface area contributed by atoms with Crippen LogP contribution in [0.15, 0.2) is 22.7 Å². The second kappa shape index (κ2) is 6.50. The molecule has 0 saturated heterocycles. The highest BCUT2D eigenvalue weighted by Crippen LogP contribution is 2.25. The Balaban J connectivity index is 2.35. The van der Waals surface area contributed by atoms with Crippen molar-refractivity contribution in [1.82, 2.24) is 5.43 Å². The number of nitrogens with two attached hydrogens (primary N) is 1. The molecule has 0 saturated carbocycles. The van der Waals surface area contributed by atoms with Gasteiger partial charge in [0.25, 0.3) is 0 Å². The minimum atomic E-state index is -0.174.